The first-order chi connectivity index (χ1) is 16.0. The molecular weight excluding hydrogens is 448 g/mol. The third-order valence-electron chi connectivity index (χ3n) is 5.87. The number of ether oxygens (including phenoxy) is 1. The molecule has 0 aliphatic heterocycles. The maximum absolute atomic E-state index is 13.1. The molecule has 6 nitrogen and oxygen atoms in total. The molecule has 3 aromatic carbocycles. The fourth-order valence-corrected chi connectivity index (χ4v) is 5.13. The first kappa shape index (κ1) is 25.3. The zero-order valence-electron chi connectivity index (χ0n) is 20.5. The SMILES string of the molecule is Cc1cc(C)c([C@@H](C)NC(=O)[C@@H](C)N(c2ccc(Oc3ccccc3)cc2)S(C)(=O)=O)cc1C. The van der Waals surface area contributed by atoms with Crippen LogP contribution >= 0.6 is 0 Å². The molecule has 0 heterocycles. The summed E-state index contributed by atoms with van der Waals surface area (Å²) < 4.78 is 32.2. The average Bonchev–Trinajstić information content (AvgIpc) is 2.77. The van der Waals surface area contributed by atoms with Crippen molar-refractivity contribution in [3.8, 4) is 11.5 Å². The van der Waals surface area contributed by atoms with E-state index in [9.17, 15) is 13.2 Å². The van der Waals surface area contributed by atoms with E-state index in [4.69, 9.17) is 4.74 Å². The van der Waals surface area contributed by atoms with Crippen LogP contribution in [0.1, 0.15) is 42.1 Å². The maximum Gasteiger partial charge on any atom is 0.244 e. The highest BCUT2D eigenvalue weighted by atomic mass is 32.2. The lowest BCUT2D eigenvalue weighted by Crippen LogP contribution is -2.48. The Labute approximate surface area is 202 Å². The summed E-state index contributed by atoms with van der Waals surface area (Å²) in [5, 5.41) is 2.98. The summed E-state index contributed by atoms with van der Waals surface area (Å²) in [6.07, 6.45) is 1.10. The Morgan fingerprint density at radius 3 is 2.00 bits per heavy atom. The summed E-state index contributed by atoms with van der Waals surface area (Å²) in [7, 11) is -3.72. The van der Waals surface area contributed by atoms with Gasteiger partial charge in [0.25, 0.3) is 0 Å². The van der Waals surface area contributed by atoms with Crippen LogP contribution in [0.4, 0.5) is 5.69 Å². The second kappa shape index (κ2) is 10.3. The van der Waals surface area contributed by atoms with Crippen LogP contribution in [0.2, 0.25) is 0 Å². The molecule has 0 saturated heterocycles. The topological polar surface area (TPSA) is 75.7 Å². The molecule has 1 N–H and O–H groups in total. The number of aryl methyl sites for hydroxylation is 3. The normalized spacial score (nSPS) is 13.1. The zero-order valence-corrected chi connectivity index (χ0v) is 21.3. The lowest BCUT2D eigenvalue weighted by atomic mass is 9.96. The number of nitrogens with one attached hydrogen (secondary N) is 1. The Morgan fingerprint density at radius 1 is 0.853 bits per heavy atom. The molecule has 0 aromatic heterocycles. The van der Waals surface area contributed by atoms with E-state index in [1.165, 1.54) is 5.56 Å². The van der Waals surface area contributed by atoms with Crippen LogP contribution in [0.5, 0.6) is 11.5 Å². The quantitative estimate of drug-likeness (QED) is 0.466. The van der Waals surface area contributed by atoms with Gasteiger partial charge < -0.3 is 10.1 Å². The van der Waals surface area contributed by atoms with E-state index in [0.717, 1.165) is 27.3 Å². The van der Waals surface area contributed by atoms with Crippen molar-refractivity contribution in [2.24, 2.45) is 0 Å². The first-order valence-electron chi connectivity index (χ1n) is 11.2. The summed E-state index contributed by atoms with van der Waals surface area (Å²) in [6, 6.07) is 18.9. The Hall–Kier alpha value is -3.32. The van der Waals surface area contributed by atoms with Crippen LogP contribution in [-0.4, -0.2) is 26.6 Å². The van der Waals surface area contributed by atoms with Gasteiger partial charge in [-0.3, -0.25) is 9.10 Å². The van der Waals surface area contributed by atoms with Crippen molar-refractivity contribution in [1.82, 2.24) is 5.32 Å². The molecule has 0 aliphatic rings. The fraction of sp³-hybridized carbons (Fsp3) is 0.296. The number of carbonyl (C=O) groups is 1. The summed E-state index contributed by atoms with van der Waals surface area (Å²) in [6.45, 7) is 9.59. The Morgan fingerprint density at radius 2 is 1.41 bits per heavy atom. The van der Waals surface area contributed by atoms with Crippen molar-refractivity contribution in [3.63, 3.8) is 0 Å². The van der Waals surface area contributed by atoms with Gasteiger partial charge in [-0.1, -0.05) is 30.3 Å². The molecule has 3 rings (SSSR count). The van der Waals surface area contributed by atoms with Gasteiger partial charge in [-0.2, -0.15) is 0 Å². The molecule has 0 aliphatic carbocycles. The minimum Gasteiger partial charge on any atom is -0.457 e. The molecule has 34 heavy (non-hydrogen) atoms. The molecule has 0 radical (unpaired) electrons. The minimum atomic E-state index is -3.72. The molecule has 3 aromatic rings. The van der Waals surface area contributed by atoms with Crippen LogP contribution in [0.15, 0.2) is 66.7 Å². The number of hydrogen-bond donors (Lipinski definition) is 1. The summed E-state index contributed by atoms with van der Waals surface area (Å²) in [5.41, 5.74) is 4.82. The highest BCUT2D eigenvalue weighted by molar-refractivity contribution is 7.92. The number of amides is 1. The Kier molecular flexibility index (Phi) is 7.67. The van der Waals surface area contributed by atoms with Crippen molar-refractivity contribution >= 4 is 21.6 Å². The number of sulfonamides is 1. The largest absolute Gasteiger partial charge is 0.457 e. The van der Waals surface area contributed by atoms with Crippen molar-refractivity contribution < 1.29 is 17.9 Å². The molecule has 0 spiro atoms. The maximum atomic E-state index is 13.1. The lowest BCUT2D eigenvalue weighted by Gasteiger charge is -2.29. The number of rotatable bonds is 8. The molecule has 7 heteroatoms. The van der Waals surface area contributed by atoms with Gasteiger partial charge in [0.1, 0.15) is 17.5 Å². The van der Waals surface area contributed by atoms with Gasteiger partial charge in [-0.05, 0) is 93.3 Å². The van der Waals surface area contributed by atoms with Gasteiger partial charge >= 0.3 is 0 Å². The summed E-state index contributed by atoms with van der Waals surface area (Å²) in [5.74, 6) is 0.873. The molecule has 0 fully saturated rings. The average molecular weight is 481 g/mol. The minimum absolute atomic E-state index is 0.266. The highest BCUT2D eigenvalue weighted by Crippen LogP contribution is 2.27. The lowest BCUT2D eigenvalue weighted by molar-refractivity contribution is -0.122. The van der Waals surface area contributed by atoms with E-state index >= 15 is 0 Å². The number of hydrogen-bond acceptors (Lipinski definition) is 4. The van der Waals surface area contributed by atoms with Gasteiger partial charge in [0.15, 0.2) is 0 Å². The van der Waals surface area contributed by atoms with Crippen LogP contribution in [-0.2, 0) is 14.8 Å². The van der Waals surface area contributed by atoms with Gasteiger partial charge in [0.05, 0.1) is 18.0 Å². The second-order valence-corrected chi connectivity index (χ2v) is 10.5. The molecule has 1 amide bonds. The van der Waals surface area contributed by atoms with Crippen LogP contribution in [0, 0.1) is 20.8 Å². The smallest absolute Gasteiger partial charge is 0.244 e. The molecule has 0 bridgehead atoms. The number of nitrogens with zero attached hydrogens (tertiary/aromatic N) is 1. The van der Waals surface area contributed by atoms with Crippen molar-refractivity contribution in [2.75, 3.05) is 10.6 Å². The van der Waals surface area contributed by atoms with Crippen LogP contribution < -0.4 is 14.4 Å². The molecule has 0 saturated carbocycles. The van der Waals surface area contributed by atoms with E-state index in [1.807, 2.05) is 51.1 Å². The highest BCUT2D eigenvalue weighted by Gasteiger charge is 2.30. The van der Waals surface area contributed by atoms with Gasteiger partial charge in [0, 0.05) is 0 Å². The van der Waals surface area contributed by atoms with Gasteiger partial charge in [-0.15, -0.1) is 0 Å². The van der Waals surface area contributed by atoms with Crippen molar-refractivity contribution in [1.29, 1.82) is 0 Å². The number of benzene rings is 3. The second-order valence-electron chi connectivity index (χ2n) is 8.67. The Bertz CT molecular complexity index is 1260. The van der Waals surface area contributed by atoms with Crippen molar-refractivity contribution in [2.45, 2.75) is 46.7 Å². The predicted molar refractivity (Wildman–Crippen MR) is 137 cm³/mol. The third-order valence-corrected chi connectivity index (χ3v) is 7.11. The molecule has 0 unspecified atom stereocenters. The predicted octanol–water partition coefficient (Wildman–Crippen LogP) is 5.44. The van der Waals surface area contributed by atoms with Crippen LogP contribution in [0.3, 0.4) is 0 Å². The van der Waals surface area contributed by atoms with Gasteiger partial charge in [0.2, 0.25) is 15.9 Å². The Balaban J connectivity index is 1.79. The van der Waals surface area contributed by atoms with E-state index in [1.54, 1.807) is 31.2 Å². The number of carbonyl (C=O) groups excluding carboxylic acids is 1. The van der Waals surface area contributed by atoms with E-state index in [-0.39, 0.29) is 11.9 Å². The molecular formula is C27H32N2O4S. The molecule has 2 atom stereocenters. The first-order valence-corrected chi connectivity index (χ1v) is 13.0. The van der Waals surface area contributed by atoms with Gasteiger partial charge in [-0.25, -0.2) is 8.42 Å². The van der Waals surface area contributed by atoms with E-state index in [2.05, 4.69) is 24.4 Å². The zero-order chi connectivity index (χ0) is 25.0. The summed E-state index contributed by atoms with van der Waals surface area (Å²) >= 11 is 0. The standard InChI is InChI=1S/C27H32N2O4S/c1-18-16-20(3)26(17-19(18)2)21(4)28-27(30)22(5)29(34(6,31)32)23-12-14-25(15-13-23)33-24-10-8-7-9-11-24/h7-17,21-22H,1-6H3,(H,28,30)/t21-,22-/m1/s1. The summed E-state index contributed by atoms with van der Waals surface area (Å²) in [4.78, 5) is 13.1. The van der Waals surface area contributed by atoms with Crippen molar-refractivity contribution in [3.05, 3.63) is 89.0 Å². The van der Waals surface area contributed by atoms with E-state index < -0.39 is 16.1 Å². The third kappa shape index (κ3) is 5.97. The number of anilines is 1. The van der Waals surface area contributed by atoms with E-state index in [0.29, 0.717) is 17.2 Å². The van der Waals surface area contributed by atoms with Crippen LogP contribution in [0.25, 0.3) is 0 Å². The fourth-order valence-electron chi connectivity index (χ4n) is 3.96. The number of para-hydroxylation sites is 1. The molecule has 180 valence electrons. The monoisotopic (exact) mass is 480 g/mol.